The van der Waals surface area contributed by atoms with Crippen LogP contribution >= 0.6 is 23.6 Å². The Morgan fingerprint density at radius 1 is 1.35 bits per heavy atom. The third kappa shape index (κ3) is 2.31. The van der Waals surface area contributed by atoms with E-state index in [1.807, 2.05) is 29.7 Å². The summed E-state index contributed by atoms with van der Waals surface area (Å²) < 4.78 is 0. The number of hydrogen-bond acceptors (Lipinski definition) is 3. The molecule has 2 aromatic heterocycles. The standard InChI is InChI=1S/C15H17N3S2/c1-3-18-14(12-8-7-10(2)20-12)13(17-15(18)19)11-6-4-5-9-16-11/h4-9,13-14H,3H2,1-2H3,(H,17,19)/t13-,14+/m0/s1. The Balaban J connectivity index is 2.02. The van der Waals surface area contributed by atoms with E-state index in [0.29, 0.717) is 0 Å². The molecule has 0 radical (unpaired) electrons. The molecule has 1 aliphatic rings. The summed E-state index contributed by atoms with van der Waals surface area (Å²) in [7, 11) is 0. The molecule has 0 amide bonds. The minimum atomic E-state index is 0.127. The molecule has 5 heteroatoms. The van der Waals surface area contributed by atoms with Gasteiger partial charge in [0.15, 0.2) is 5.11 Å². The van der Waals surface area contributed by atoms with Crippen LogP contribution in [0.25, 0.3) is 0 Å². The molecule has 1 N–H and O–H groups in total. The van der Waals surface area contributed by atoms with Gasteiger partial charge in [-0.1, -0.05) is 6.07 Å². The highest BCUT2D eigenvalue weighted by molar-refractivity contribution is 7.80. The lowest BCUT2D eigenvalue weighted by Crippen LogP contribution is -2.28. The fourth-order valence-corrected chi connectivity index (χ4v) is 4.06. The molecule has 0 saturated carbocycles. The molecule has 2 atom stereocenters. The predicted molar refractivity (Wildman–Crippen MR) is 86.9 cm³/mol. The molecule has 104 valence electrons. The average molecular weight is 303 g/mol. The highest BCUT2D eigenvalue weighted by atomic mass is 32.1. The Hall–Kier alpha value is -1.46. The molecular formula is C15H17N3S2. The number of likely N-dealkylation sites (N-methyl/N-ethyl adjacent to an activating group) is 1. The predicted octanol–water partition coefficient (Wildman–Crippen LogP) is 3.44. The maximum Gasteiger partial charge on any atom is 0.170 e. The van der Waals surface area contributed by atoms with Crippen molar-refractivity contribution in [2.75, 3.05) is 6.54 Å². The zero-order chi connectivity index (χ0) is 14.1. The number of rotatable bonds is 3. The first-order valence-corrected chi connectivity index (χ1v) is 7.97. The number of hydrogen-bond donors (Lipinski definition) is 1. The Morgan fingerprint density at radius 3 is 2.80 bits per heavy atom. The van der Waals surface area contributed by atoms with E-state index in [2.05, 4.69) is 47.2 Å². The molecule has 0 aromatic carbocycles. The molecule has 2 aromatic rings. The second-order valence-electron chi connectivity index (χ2n) is 4.86. The van der Waals surface area contributed by atoms with Gasteiger partial charge in [-0.05, 0) is 50.3 Å². The largest absolute Gasteiger partial charge is 0.352 e. The monoisotopic (exact) mass is 303 g/mol. The Morgan fingerprint density at radius 2 is 2.20 bits per heavy atom. The maximum absolute atomic E-state index is 5.49. The first-order valence-electron chi connectivity index (χ1n) is 6.75. The van der Waals surface area contributed by atoms with Crippen molar-refractivity contribution in [1.82, 2.24) is 15.2 Å². The van der Waals surface area contributed by atoms with Crippen molar-refractivity contribution in [2.45, 2.75) is 25.9 Å². The van der Waals surface area contributed by atoms with Crippen LogP contribution in [0.4, 0.5) is 0 Å². The van der Waals surface area contributed by atoms with Crippen LogP contribution in [-0.4, -0.2) is 21.5 Å². The van der Waals surface area contributed by atoms with Crippen LogP contribution in [-0.2, 0) is 0 Å². The van der Waals surface area contributed by atoms with Crippen molar-refractivity contribution in [3.05, 3.63) is 52.0 Å². The van der Waals surface area contributed by atoms with E-state index in [0.717, 1.165) is 17.4 Å². The van der Waals surface area contributed by atoms with Gasteiger partial charge in [-0.15, -0.1) is 11.3 Å². The lowest BCUT2D eigenvalue weighted by atomic mass is 10.0. The van der Waals surface area contributed by atoms with Crippen LogP contribution in [0.1, 0.15) is 34.5 Å². The Labute approximate surface area is 128 Å². The summed E-state index contributed by atoms with van der Waals surface area (Å²) in [6.45, 7) is 5.18. The molecular weight excluding hydrogens is 286 g/mol. The normalized spacial score (nSPS) is 22.1. The van der Waals surface area contributed by atoms with Gasteiger partial charge >= 0.3 is 0 Å². The molecule has 20 heavy (non-hydrogen) atoms. The number of pyridine rings is 1. The molecule has 1 fully saturated rings. The topological polar surface area (TPSA) is 28.2 Å². The number of thiocarbonyl (C=S) groups is 1. The lowest BCUT2D eigenvalue weighted by Gasteiger charge is -2.25. The SMILES string of the molecule is CCN1C(=S)N[C@@H](c2ccccn2)[C@H]1c1ccc(C)s1. The van der Waals surface area contributed by atoms with Crippen LogP contribution < -0.4 is 5.32 Å². The lowest BCUT2D eigenvalue weighted by molar-refractivity contribution is 0.335. The smallest absolute Gasteiger partial charge is 0.170 e. The third-order valence-corrected chi connectivity index (χ3v) is 5.01. The molecule has 3 heterocycles. The van der Waals surface area contributed by atoms with E-state index >= 15 is 0 Å². The number of aromatic nitrogens is 1. The minimum absolute atomic E-state index is 0.127. The van der Waals surface area contributed by atoms with Gasteiger partial charge in [-0.3, -0.25) is 4.98 Å². The van der Waals surface area contributed by atoms with E-state index in [4.69, 9.17) is 12.2 Å². The average Bonchev–Trinajstić information content (AvgIpc) is 3.03. The molecule has 0 unspecified atom stereocenters. The highest BCUT2D eigenvalue weighted by Gasteiger charge is 2.39. The van der Waals surface area contributed by atoms with E-state index < -0.39 is 0 Å². The first-order chi connectivity index (χ1) is 9.70. The van der Waals surface area contributed by atoms with Gasteiger partial charge in [-0.2, -0.15) is 0 Å². The van der Waals surface area contributed by atoms with Crippen LogP contribution in [0.2, 0.25) is 0 Å². The van der Waals surface area contributed by atoms with Gasteiger partial charge in [0.2, 0.25) is 0 Å². The molecule has 3 nitrogen and oxygen atoms in total. The van der Waals surface area contributed by atoms with Gasteiger partial charge < -0.3 is 10.2 Å². The summed E-state index contributed by atoms with van der Waals surface area (Å²) in [5, 5.41) is 4.25. The van der Waals surface area contributed by atoms with Gasteiger partial charge in [0, 0.05) is 22.5 Å². The summed E-state index contributed by atoms with van der Waals surface area (Å²) in [5.74, 6) is 0. The second-order valence-corrected chi connectivity index (χ2v) is 6.57. The molecule has 3 rings (SSSR count). The number of nitrogens with zero attached hydrogens (tertiary/aromatic N) is 2. The Kier molecular flexibility index (Phi) is 3.72. The fourth-order valence-electron chi connectivity index (χ4n) is 2.67. The zero-order valence-electron chi connectivity index (χ0n) is 11.5. The molecule has 1 aliphatic heterocycles. The Bertz CT molecular complexity index is 609. The molecule has 0 spiro atoms. The van der Waals surface area contributed by atoms with E-state index in [1.165, 1.54) is 9.75 Å². The van der Waals surface area contributed by atoms with E-state index in [1.54, 1.807) is 0 Å². The quantitative estimate of drug-likeness (QED) is 0.879. The summed E-state index contributed by atoms with van der Waals surface area (Å²) >= 11 is 7.33. The minimum Gasteiger partial charge on any atom is -0.352 e. The molecule has 1 saturated heterocycles. The maximum atomic E-state index is 5.49. The van der Waals surface area contributed by atoms with Gasteiger partial charge in [0.25, 0.3) is 0 Å². The number of nitrogens with one attached hydrogen (secondary N) is 1. The van der Waals surface area contributed by atoms with Gasteiger partial charge in [0.05, 0.1) is 17.8 Å². The summed E-state index contributed by atoms with van der Waals surface area (Å²) in [6.07, 6.45) is 1.84. The summed E-state index contributed by atoms with van der Waals surface area (Å²) in [5.41, 5.74) is 1.04. The molecule has 0 bridgehead atoms. The van der Waals surface area contributed by atoms with Gasteiger partial charge in [0.1, 0.15) is 0 Å². The van der Waals surface area contributed by atoms with Crippen molar-refractivity contribution < 1.29 is 0 Å². The van der Waals surface area contributed by atoms with Crippen LogP contribution in [0.3, 0.4) is 0 Å². The number of thiophene rings is 1. The second kappa shape index (κ2) is 5.50. The van der Waals surface area contributed by atoms with E-state index in [-0.39, 0.29) is 12.1 Å². The van der Waals surface area contributed by atoms with Crippen molar-refractivity contribution in [3.8, 4) is 0 Å². The summed E-state index contributed by atoms with van der Waals surface area (Å²) in [4.78, 5) is 9.42. The van der Waals surface area contributed by atoms with Crippen LogP contribution in [0, 0.1) is 6.92 Å². The third-order valence-electron chi connectivity index (χ3n) is 3.59. The molecule has 0 aliphatic carbocycles. The first kappa shape index (κ1) is 13.5. The number of aryl methyl sites for hydroxylation is 1. The van der Waals surface area contributed by atoms with Crippen LogP contribution in [0.15, 0.2) is 36.5 Å². The van der Waals surface area contributed by atoms with Crippen LogP contribution in [0.5, 0.6) is 0 Å². The van der Waals surface area contributed by atoms with Crippen molar-refractivity contribution >= 4 is 28.7 Å². The highest BCUT2D eigenvalue weighted by Crippen LogP contribution is 2.40. The van der Waals surface area contributed by atoms with Crippen molar-refractivity contribution in [2.24, 2.45) is 0 Å². The summed E-state index contributed by atoms with van der Waals surface area (Å²) in [6, 6.07) is 10.8. The van der Waals surface area contributed by atoms with Crippen molar-refractivity contribution in [3.63, 3.8) is 0 Å². The van der Waals surface area contributed by atoms with E-state index in [9.17, 15) is 0 Å². The van der Waals surface area contributed by atoms with Gasteiger partial charge in [-0.25, -0.2) is 0 Å². The fraction of sp³-hybridized carbons (Fsp3) is 0.333. The van der Waals surface area contributed by atoms with Crippen molar-refractivity contribution in [1.29, 1.82) is 0 Å². The zero-order valence-corrected chi connectivity index (χ0v) is 13.2.